The highest BCUT2D eigenvalue weighted by Crippen LogP contribution is 2.40. The van der Waals surface area contributed by atoms with E-state index in [4.69, 9.17) is 0 Å². The van der Waals surface area contributed by atoms with Gasteiger partial charge in [-0.1, -0.05) is 30.3 Å². The van der Waals surface area contributed by atoms with Crippen molar-refractivity contribution < 1.29 is 9.59 Å². The normalized spacial score (nSPS) is 25.0. The van der Waals surface area contributed by atoms with Gasteiger partial charge in [-0.25, -0.2) is 0 Å². The molecule has 0 radical (unpaired) electrons. The summed E-state index contributed by atoms with van der Waals surface area (Å²) >= 11 is 0. The van der Waals surface area contributed by atoms with Gasteiger partial charge >= 0.3 is 0 Å². The van der Waals surface area contributed by atoms with Crippen LogP contribution >= 0.6 is 0 Å². The number of carbonyl (C=O) groups is 2. The van der Waals surface area contributed by atoms with E-state index in [1.165, 1.54) is 5.56 Å². The molecule has 2 aliphatic rings. The first-order chi connectivity index (χ1) is 13.1. The predicted octanol–water partition coefficient (Wildman–Crippen LogP) is 0.780. The largest absolute Gasteiger partial charge is 0.352 e. The molecule has 0 bridgehead atoms. The Kier molecular flexibility index (Phi) is 4.94. The van der Waals surface area contributed by atoms with Gasteiger partial charge in [0.15, 0.2) is 0 Å². The molecular formula is C20H25N5O2. The van der Waals surface area contributed by atoms with E-state index >= 15 is 0 Å². The van der Waals surface area contributed by atoms with Gasteiger partial charge in [-0.05, 0) is 31.0 Å². The molecule has 0 saturated carbocycles. The summed E-state index contributed by atoms with van der Waals surface area (Å²) in [6.07, 6.45) is 4.95. The van der Waals surface area contributed by atoms with E-state index in [1.54, 1.807) is 10.9 Å². The van der Waals surface area contributed by atoms with Crippen molar-refractivity contribution in [1.82, 2.24) is 25.3 Å². The molecule has 1 aromatic carbocycles. The number of benzene rings is 1. The SMILES string of the molecule is O=C(NCCn1cccn1)[C@@H]1C[C@]2(CCN(Cc3ccccc3)C2)C(=O)N1. The summed E-state index contributed by atoms with van der Waals surface area (Å²) in [5.74, 6) is -0.0841. The Morgan fingerprint density at radius 1 is 1.30 bits per heavy atom. The average molecular weight is 367 g/mol. The van der Waals surface area contributed by atoms with Gasteiger partial charge in [0.25, 0.3) is 0 Å². The van der Waals surface area contributed by atoms with Gasteiger partial charge in [0.05, 0.1) is 12.0 Å². The summed E-state index contributed by atoms with van der Waals surface area (Å²) in [6.45, 7) is 3.56. The summed E-state index contributed by atoms with van der Waals surface area (Å²) < 4.78 is 1.77. The van der Waals surface area contributed by atoms with Gasteiger partial charge in [0.2, 0.25) is 11.8 Å². The lowest BCUT2D eigenvalue weighted by Gasteiger charge is -2.21. The van der Waals surface area contributed by atoms with Crippen LogP contribution in [0.3, 0.4) is 0 Å². The van der Waals surface area contributed by atoms with Crippen LogP contribution in [0.25, 0.3) is 0 Å². The quantitative estimate of drug-likeness (QED) is 0.791. The van der Waals surface area contributed by atoms with Crippen molar-refractivity contribution in [1.29, 1.82) is 0 Å². The maximum atomic E-state index is 12.6. The van der Waals surface area contributed by atoms with Crippen LogP contribution in [0.15, 0.2) is 48.8 Å². The molecule has 2 amide bonds. The number of nitrogens with zero attached hydrogens (tertiary/aromatic N) is 3. The van der Waals surface area contributed by atoms with E-state index < -0.39 is 11.5 Å². The first-order valence-electron chi connectivity index (χ1n) is 9.47. The Balaban J connectivity index is 1.30. The van der Waals surface area contributed by atoms with Gasteiger partial charge in [-0.3, -0.25) is 19.2 Å². The van der Waals surface area contributed by atoms with Gasteiger partial charge in [0.1, 0.15) is 6.04 Å². The Labute approximate surface area is 158 Å². The third kappa shape index (κ3) is 3.88. The molecule has 27 heavy (non-hydrogen) atoms. The summed E-state index contributed by atoms with van der Waals surface area (Å²) in [4.78, 5) is 27.4. The fourth-order valence-corrected chi connectivity index (χ4v) is 4.14. The molecule has 1 aromatic heterocycles. The van der Waals surface area contributed by atoms with Crippen LogP contribution in [0.4, 0.5) is 0 Å². The minimum absolute atomic E-state index is 0.0188. The zero-order valence-corrected chi connectivity index (χ0v) is 15.3. The van der Waals surface area contributed by atoms with E-state index in [2.05, 4.69) is 32.8 Å². The number of likely N-dealkylation sites (tertiary alicyclic amines) is 1. The lowest BCUT2D eigenvalue weighted by Crippen LogP contribution is -2.42. The molecular weight excluding hydrogens is 342 g/mol. The maximum absolute atomic E-state index is 12.6. The number of hydrogen-bond acceptors (Lipinski definition) is 4. The van der Waals surface area contributed by atoms with Gasteiger partial charge < -0.3 is 10.6 Å². The molecule has 2 fully saturated rings. The highest BCUT2D eigenvalue weighted by molar-refractivity contribution is 5.94. The summed E-state index contributed by atoms with van der Waals surface area (Å²) in [7, 11) is 0. The first kappa shape index (κ1) is 17.7. The van der Waals surface area contributed by atoms with Crippen molar-refractivity contribution in [3.63, 3.8) is 0 Å². The highest BCUT2D eigenvalue weighted by atomic mass is 16.2. The predicted molar refractivity (Wildman–Crippen MR) is 101 cm³/mol. The van der Waals surface area contributed by atoms with E-state index in [0.29, 0.717) is 26.1 Å². The third-order valence-corrected chi connectivity index (χ3v) is 5.58. The van der Waals surface area contributed by atoms with Crippen molar-refractivity contribution in [2.45, 2.75) is 32.0 Å². The first-order valence-corrected chi connectivity index (χ1v) is 9.47. The Bertz CT molecular complexity index is 792. The van der Waals surface area contributed by atoms with Gasteiger partial charge in [0, 0.05) is 32.0 Å². The zero-order valence-electron chi connectivity index (χ0n) is 15.3. The monoisotopic (exact) mass is 367 g/mol. The van der Waals surface area contributed by atoms with E-state index in [-0.39, 0.29) is 11.8 Å². The standard InChI is InChI=1S/C20H25N5O2/c26-18(21-9-12-25-10-4-8-22-25)17-13-20(19(27)23-17)7-11-24(15-20)14-16-5-2-1-3-6-16/h1-6,8,10,17H,7,9,11-15H2,(H,21,26)(H,23,27)/t17-,20-/m0/s1. The van der Waals surface area contributed by atoms with Crippen LogP contribution in [0.5, 0.6) is 0 Å². The van der Waals surface area contributed by atoms with Crippen molar-refractivity contribution in [3.8, 4) is 0 Å². The molecule has 4 rings (SSSR count). The molecule has 7 heteroatoms. The lowest BCUT2D eigenvalue weighted by molar-refractivity contribution is -0.128. The van der Waals surface area contributed by atoms with Crippen LogP contribution in [-0.2, 0) is 22.7 Å². The van der Waals surface area contributed by atoms with Crippen LogP contribution in [0.1, 0.15) is 18.4 Å². The Morgan fingerprint density at radius 3 is 2.93 bits per heavy atom. The second-order valence-electron chi connectivity index (χ2n) is 7.52. The van der Waals surface area contributed by atoms with E-state index in [9.17, 15) is 9.59 Å². The number of carbonyl (C=O) groups excluding carboxylic acids is 2. The number of rotatable bonds is 6. The lowest BCUT2D eigenvalue weighted by atomic mass is 9.84. The Hall–Kier alpha value is -2.67. The van der Waals surface area contributed by atoms with Crippen LogP contribution in [-0.4, -0.2) is 52.2 Å². The number of aromatic nitrogens is 2. The van der Waals surface area contributed by atoms with Crippen molar-refractivity contribution in [2.75, 3.05) is 19.6 Å². The highest BCUT2D eigenvalue weighted by Gasteiger charge is 2.52. The molecule has 2 saturated heterocycles. The summed E-state index contributed by atoms with van der Waals surface area (Å²) in [5, 5.41) is 9.94. The molecule has 0 unspecified atom stereocenters. The van der Waals surface area contributed by atoms with Crippen LogP contribution < -0.4 is 10.6 Å². The van der Waals surface area contributed by atoms with E-state index in [1.807, 2.05) is 30.5 Å². The minimum Gasteiger partial charge on any atom is -0.352 e. The zero-order chi connectivity index (χ0) is 18.7. The number of amides is 2. The van der Waals surface area contributed by atoms with Crippen molar-refractivity contribution in [3.05, 3.63) is 54.4 Å². The van der Waals surface area contributed by atoms with Crippen LogP contribution in [0.2, 0.25) is 0 Å². The smallest absolute Gasteiger partial charge is 0.242 e. The fraction of sp³-hybridized carbons (Fsp3) is 0.450. The fourth-order valence-electron chi connectivity index (χ4n) is 4.14. The molecule has 2 atom stereocenters. The number of hydrogen-bond donors (Lipinski definition) is 2. The topological polar surface area (TPSA) is 79.3 Å². The second kappa shape index (κ2) is 7.52. The third-order valence-electron chi connectivity index (χ3n) is 5.58. The van der Waals surface area contributed by atoms with E-state index in [0.717, 1.165) is 19.5 Å². The molecule has 2 aliphatic heterocycles. The van der Waals surface area contributed by atoms with Crippen molar-refractivity contribution in [2.24, 2.45) is 5.41 Å². The van der Waals surface area contributed by atoms with Gasteiger partial charge in [-0.2, -0.15) is 5.10 Å². The van der Waals surface area contributed by atoms with Crippen LogP contribution in [0, 0.1) is 5.41 Å². The molecule has 1 spiro atoms. The van der Waals surface area contributed by atoms with Crippen molar-refractivity contribution >= 4 is 11.8 Å². The molecule has 7 nitrogen and oxygen atoms in total. The molecule has 142 valence electrons. The Morgan fingerprint density at radius 2 is 2.15 bits per heavy atom. The molecule has 2 aromatic rings. The summed E-state index contributed by atoms with van der Waals surface area (Å²) in [6, 6.07) is 11.7. The average Bonchev–Trinajstić information content (AvgIpc) is 3.39. The summed E-state index contributed by atoms with van der Waals surface area (Å²) in [5.41, 5.74) is 0.819. The maximum Gasteiger partial charge on any atom is 0.242 e. The number of nitrogens with one attached hydrogen (secondary N) is 2. The molecule has 0 aliphatic carbocycles. The molecule has 3 heterocycles. The minimum atomic E-state index is -0.438. The second-order valence-corrected chi connectivity index (χ2v) is 7.52. The molecule has 2 N–H and O–H groups in total. The van der Waals surface area contributed by atoms with Gasteiger partial charge in [-0.15, -0.1) is 0 Å².